The lowest BCUT2D eigenvalue weighted by atomic mass is 10.1. The molecule has 1 fully saturated rings. The largest absolute Gasteiger partial charge is 0.414 e. The fourth-order valence-electron chi connectivity index (χ4n) is 1.01. The van der Waals surface area contributed by atoms with Gasteiger partial charge in [0.15, 0.2) is 6.10 Å². The van der Waals surface area contributed by atoms with Gasteiger partial charge in [-0.15, -0.1) is 0 Å². The molecule has 1 rings (SSSR count). The summed E-state index contributed by atoms with van der Waals surface area (Å²) in [6.07, 6.45) is -7.00. The van der Waals surface area contributed by atoms with Crippen molar-refractivity contribution < 1.29 is 23.0 Å². The Labute approximate surface area is 62.0 Å². The Morgan fingerprint density at radius 2 is 2.00 bits per heavy atom. The molecule has 0 saturated carbocycles. The zero-order chi connectivity index (χ0) is 8.48. The second-order valence-electron chi connectivity index (χ2n) is 2.58. The number of ether oxygens (including phenoxy) is 1. The third-order valence-electron chi connectivity index (χ3n) is 1.62. The molecule has 2 nitrogen and oxygen atoms in total. The van der Waals surface area contributed by atoms with Gasteiger partial charge in [-0.2, -0.15) is 13.2 Å². The normalized spacial score (nSPS) is 33.8. The summed E-state index contributed by atoms with van der Waals surface area (Å²) in [5, 5.41) is 8.86. The monoisotopic (exact) mass is 170 g/mol. The van der Waals surface area contributed by atoms with Crippen molar-refractivity contribution in [3.05, 3.63) is 0 Å². The Kier molecular flexibility index (Phi) is 2.39. The van der Waals surface area contributed by atoms with Crippen LogP contribution in [0.4, 0.5) is 13.2 Å². The van der Waals surface area contributed by atoms with Gasteiger partial charge in [0.1, 0.15) is 0 Å². The van der Waals surface area contributed by atoms with Crippen LogP contribution in [0.25, 0.3) is 0 Å². The number of hydrogen-bond donors (Lipinski definition) is 1. The van der Waals surface area contributed by atoms with Crippen molar-refractivity contribution in [2.75, 3.05) is 6.61 Å². The zero-order valence-corrected chi connectivity index (χ0v) is 5.77. The second-order valence-corrected chi connectivity index (χ2v) is 2.58. The molecule has 0 aromatic carbocycles. The van der Waals surface area contributed by atoms with Crippen LogP contribution in [-0.4, -0.2) is 30.1 Å². The van der Waals surface area contributed by atoms with Gasteiger partial charge in [0, 0.05) is 13.0 Å². The van der Waals surface area contributed by atoms with Crippen LogP contribution in [0.2, 0.25) is 0 Å². The Morgan fingerprint density at radius 1 is 1.36 bits per heavy atom. The fourth-order valence-corrected chi connectivity index (χ4v) is 1.01. The van der Waals surface area contributed by atoms with E-state index < -0.39 is 18.4 Å². The Bertz CT molecular complexity index is 134. The number of aliphatic hydroxyl groups excluding tert-OH is 1. The van der Waals surface area contributed by atoms with Gasteiger partial charge in [0.2, 0.25) is 0 Å². The van der Waals surface area contributed by atoms with Crippen molar-refractivity contribution in [1.29, 1.82) is 0 Å². The summed E-state index contributed by atoms with van der Waals surface area (Å²) in [6.45, 7) is -0.00859. The van der Waals surface area contributed by atoms with E-state index in [1.165, 1.54) is 0 Å². The Balaban J connectivity index is 2.46. The summed E-state index contributed by atoms with van der Waals surface area (Å²) in [7, 11) is 0. The minimum atomic E-state index is -4.33. The number of alkyl halides is 3. The molecule has 0 amide bonds. The summed E-state index contributed by atoms with van der Waals surface area (Å²) >= 11 is 0. The Hall–Kier alpha value is -0.290. The maximum atomic E-state index is 11.9. The first-order chi connectivity index (χ1) is 5.00. The quantitative estimate of drug-likeness (QED) is 0.589. The maximum absolute atomic E-state index is 11.9. The standard InChI is InChI=1S/C6H9F3O2/c7-6(8,9)5-3-4(10)1-2-11-5/h4-5,10H,1-3H2/t4-,5-/m0/s1. The molecular weight excluding hydrogens is 161 g/mol. The maximum Gasteiger partial charge on any atom is 0.414 e. The van der Waals surface area contributed by atoms with Crippen molar-refractivity contribution in [3.63, 3.8) is 0 Å². The molecule has 1 N–H and O–H groups in total. The summed E-state index contributed by atoms with van der Waals surface area (Å²) in [4.78, 5) is 0. The molecule has 0 unspecified atom stereocenters. The number of aliphatic hydroxyl groups is 1. The third-order valence-corrected chi connectivity index (χ3v) is 1.62. The molecule has 0 radical (unpaired) electrons. The highest BCUT2D eigenvalue weighted by Crippen LogP contribution is 2.29. The Morgan fingerprint density at radius 3 is 2.36 bits per heavy atom. The first-order valence-corrected chi connectivity index (χ1v) is 3.36. The molecule has 1 heterocycles. The van der Waals surface area contributed by atoms with E-state index in [9.17, 15) is 13.2 Å². The second kappa shape index (κ2) is 2.98. The van der Waals surface area contributed by atoms with Gasteiger partial charge in [-0.05, 0) is 6.42 Å². The first-order valence-electron chi connectivity index (χ1n) is 3.36. The molecule has 0 aromatic heterocycles. The molecular formula is C6H9F3O2. The first kappa shape index (κ1) is 8.80. The van der Waals surface area contributed by atoms with E-state index in [4.69, 9.17) is 5.11 Å². The van der Waals surface area contributed by atoms with Gasteiger partial charge in [0.05, 0.1) is 6.10 Å². The van der Waals surface area contributed by atoms with Crippen molar-refractivity contribution in [2.45, 2.75) is 31.2 Å². The molecule has 1 aliphatic heterocycles. The smallest absolute Gasteiger partial charge is 0.393 e. The zero-order valence-electron chi connectivity index (χ0n) is 5.77. The lowest BCUT2D eigenvalue weighted by Gasteiger charge is -2.27. The SMILES string of the molecule is O[C@H]1CCO[C@H](C(F)(F)F)C1. The molecule has 1 aliphatic rings. The van der Waals surface area contributed by atoms with Gasteiger partial charge in [-0.25, -0.2) is 0 Å². The number of rotatable bonds is 0. The van der Waals surface area contributed by atoms with E-state index >= 15 is 0 Å². The summed E-state index contributed by atoms with van der Waals surface area (Å²) in [5.41, 5.74) is 0. The molecule has 2 atom stereocenters. The highest BCUT2D eigenvalue weighted by molar-refractivity contribution is 4.76. The molecule has 1 saturated heterocycles. The minimum absolute atomic E-state index is 0.00859. The van der Waals surface area contributed by atoms with E-state index in [0.29, 0.717) is 6.42 Å². The van der Waals surface area contributed by atoms with Gasteiger partial charge < -0.3 is 9.84 Å². The van der Waals surface area contributed by atoms with Crippen LogP contribution in [-0.2, 0) is 4.74 Å². The van der Waals surface area contributed by atoms with Crippen molar-refractivity contribution >= 4 is 0 Å². The predicted octanol–water partition coefficient (Wildman–Crippen LogP) is 1.09. The lowest BCUT2D eigenvalue weighted by Crippen LogP contribution is -2.39. The van der Waals surface area contributed by atoms with Crippen LogP contribution < -0.4 is 0 Å². The molecule has 0 bridgehead atoms. The van der Waals surface area contributed by atoms with E-state index in [1.807, 2.05) is 0 Å². The van der Waals surface area contributed by atoms with Gasteiger partial charge in [-0.1, -0.05) is 0 Å². The average Bonchev–Trinajstić information content (AvgIpc) is 1.86. The van der Waals surface area contributed by atoms with Crippen LogP contribution in [0, 0.1) is 0 Å². The fraction of sp³-hybridized carbons (Fsp3) is 1.00. The van der Waals surface area contributed by atoms with Crippen LogP contribution in [0.5, 0.6) is 0 Å². The summed E-state index contributed by atoms with van der Waals surface area (Å²) < 4.78 is 40.1. The van der Waals surface area contributed by atoms with Gasteiger partial charge in [0.25, 0.3) is 0 Å². The highest BCUT2D eigenvalue weighted by atomic mass is 19.4. The van der Waals surface area contributed by atoms with E-state index in [1.54, 1.807) is 0 Å². The minimum Gasteiger partial charge on any atom is -0.393 e. The van der Waals surface area contributed by atoms with Crippen LogP contribution in [0.1, 0.15) is 12.8 Å². The molecule has 0 aromatic rings. The third kappa shape index (κ3) is 2.34. The molecule has 0 spiro atoms. The van der Waals surface area contributed by atoms with Crippen LogP contribution >= 0.6 is 0 Å². The molecule has 66 valence electrons. The molecule has 11 heavy (non-hydrogen) atoms. The van der Waals surface area contributed by atoms with E-state index in [0.717, 1.165) is 0 Å². The van der Waals surface area contributed by atoms with Gasteiger partial charge in [-0.3, -0.25) is 0 Å². The summed E-state index contributed by atoms with van der Waals surface area (Å²) in [5.74, 6) is 0. The molecule has 5 heteroatoms. The van der Waals surface area contributed by atoms with Gasteiger partial charge >= 0.3 is 6.18 Å². The number of halogens is 3. The highest BCUT2D eigenvalue weighted by Gasteiger charge is 2.43. The summed E-state index contributed by atoms with van der Waals surface area (Å²) in [6, 6.07) is 0. The predicted molar refractivity (Wildman–Crippen MR) is 31.0 cm³/mol. The van der Waals surface area contributed by atoms with Crippen LogP contribution in [0.3, 0.4) is 0 Å². The van der Waals surface area contributed by atoms with Crippen molar-refractivity contribution in [1.82, 2.24) is 0 Å². The van der Waals surface area contributed by atoms with Crippen LogP contribution in [0.15, 0.2) is 0 Å². The lowest BCUT2D eigenvalue weighted by molar-refractivity contribution is -0.240. The number of hydrogen-bond acceptors (Lipinski definition) is 2. The van der Waals surface area contributed by atoms with Crippen molar-refractivity contribution in [3.8, 4) is 0 Å². The van der Waals surface area contributed by atoms with E-state index in [-0.39, 0.29) is 13.0 Å². The average molecular weight is 170 g/mol. The van der Waals surface area contributed by atoms with Crippen molar-refractivity contribution in [2.24, 2.45) is 0 Å². The van der Waals surface area contributed by atoms with E-state index in [2.05, 4.69) is 4.74 Å². The molecule has 0 aliphatic carbocycles. The topological polar surface area (TPSA) is 29.5 Å².